The van der Waals surface area contributed by atoms with Crippen molar-refractivity contribution in [2.45, 2.75) is 46.8 Å². The zero-order chi connectivity index (χ0) is 20.5. The molecule has 2 heterocycles. The first-order valence-electron chi connectivity index (χ1n) is 10.2. The van der Waals surface area contributed by atoms with Gasteiger partial charge in [-0.2, -0.15) is 5.10 Å². The van der Waals surface area contributed by atoms with Gasteiger partial charge < -0.3 is 15.2 Å². The molecule has 2 aromatic heterocycles. The van der Waals surface area contributed by atoms with Gasteiger partial charge in [0, 0.05) is 44.3 Å². The minimum atomic E-state index is 0. The summed E-state index contributed by atoms with van der Waals surface area (Å²) >= 11 is 0. The molecule has 0 aliphatic carbocycles. The number of nitrogens with zero attached hydrogens (tertiary/aromatic N) is 5. The molecule has 0 aliphatic rings. The van der Waals surface area contributed by atoms with Crippen LogP contribution in [-0.4, -0.2) is 38.4 Å². The van der Waals surface area contributed by atoms with Crippen molar-refractivity contribution in [2.24, 2.45) is 4.99 Å². The molecule has 0 bridgehead atoms. The number of imidazole rings is 1. The van der Waals surface area contributed by atoms with Crippen LogP contribution >= 0.6 is 24.0 Å². The number of benzene rings is 1. The van der Waals surface area contributed by atoms with Gasteiger partial charge in [0.1, 0.15) is 0 Å². The lowest BCUT2D eigenvalue weighted by Crippen LogP contribution is -2.38. The predicted octanol–water partition coefficient (Wildman–Crippen LogP) is 3.51. The van der Waals surface area contributed by atoms with E-state index >= 15 is 0 Å². The Balaban J connectivity index is 0.00000320. The Kier molecular flexibility index (Phi) is 9.85. The summed E-state index contributed by atoms with van der Waals surface area (Å²) in [6, 6.07) is 10.7. The molecule has 7 nitrogen and oxygen atoms in total. The SMILES string of the molecule is CCNC(=NCc1cccc(Cn2ccnc2)c1)NCCCn1nc(C)cc1C.I. The summed E-state index contributed by atoms with van der Waals surface area (Å²) in [4.78, 5) is 8.84. The van der Waals surface area contributed by atoms with E-state index in [1.807, 2.05) is 19.4 Å². The normalized spacial score (nSPS) is 11.2. The van der Waals surface area contributed by atoms with E-state index in [1.165, 1.54) is 16.8 Å². The lowest BCUT2D eigenvalue weighted by atomic mass is 10.1. The van der Waals surface area contributed by atoms with Gasteiger partial charge in [-0.05, 0) is 44.4 Å². The average Bonchev–Trinajstić information content (AvgIpc) is 3.32. The van der Waals surface area contributed by atoms with Crippen molar-refractivity contribution >= 4 is 29.9 Å². The van der Waals surface area contributed by atoms with Crippen LogP contribution in [0.5, 0.6) is 0 Å². The molecule has 3 rings (SSSR count). The molecule has 2 N–H and O–H groups in total. The van der Waals surface area contributed by atoms with Crippen molar-refractivity contribution in [3.05, 3.63) is 71.6 Å². The van der Waals surface area contributed by atoms with Gasteiger partial charge in [0.05, 0.1) is 18.6 Å². The molecular formula is C22H32IN7. The first-order valence-corrected chi connectivity index (χ1v) is 10.2. The van der Waals surface area contributed by atoms with Crippen LogP contribution in [0, 0.1) is 13.8 Å². The molecule has 0 radical (unpaired) electrons. The summed E-state index contributed by atoms with van der Waals surface area (Å²) in [5.41, 5.74) is 4.72. The molecule has 0 saturated carbocycles. The lowest BCUT2D eigenvalue weighted by Gasteiger charge is -2.12. The van der Waals surface area contributed by atoms with Crippen molar-refractivity contribution in [3.63, 3.8) is 0 Å². The molecule has 8 heteroatoms. The van der Waals surface area contributed by atoms with E-state index in [0.717, 1.165) is 44.3 Å². The minimum Gasteiger partial charge on any atom is -0.357 e. The van der Waals surface area contributed by atoms with Gasteiger partial charge in [-0.3, -0.25) is 4.68 Å². The summed E-state index contributed by atoms with van der Waals surface area (Å²) < 4.78 is 4.13. The van der Waals surface area contributed by atoms with E-state index in [0.29, 0.717) is 6.54 Å². The summed E-state index contributed by atoms with van der Waals surface area (Å²) in [5, 5.41) is 11.3. The zero-order valence-electron chi connectivity index (χ0n) is 18.0. The number of aryl methyl sites for hydroxylation is 3. The highest BCUT2D eigenvalue weighted by Crippen LogP contribution is 2.08. The monoisotopic (exact) mass is 521 g/mol. The Morgan fingerprint density at radius 3 is 2.67 bits per heavy atom. The Labute approximate surface area is 196 Å². The van der Waals surface area contributed by atoms with E-state index in [4.69, 9.17) is 4.99 Å². The molecule has 0 unspecified atom stereocenters. The second-order valence-corrected chi connectivity index (χ2v) is 7.18. The summed E-state index contributed by atoms with van der Waals surface area (Å²) in [6.45, 7) is 10.3. The third kappa shape index (κ3) is 7.47. The minimum absolute atomic E-state index is 0. The topological polar surface area (TPSA) is 72.1 Å². The molecule has 0 amide bonds. The molecule has 30 heavy (non-hydrogen) atoms. The van der Waals surface area contributed by atoms with Crippen LogP contribution in [0.3, 0.4) is 0 Å². The summed E-state index contributed by atoms with van der Waals surface area (Å²) in [6.07, 6.45) is 6.61. The number of guanidine groups is 1. The summed E-state index contributed by atoms with van der Waals surface area (Å²) in [7, 11) is 0. The van der Waals surface area contributed by atoms with Gasteiger partial charge in [-0.25, -0.2) is 9.98 Å². The Bertz CT molecular complexity index is 915. The van der Waals surface area contributed by atoms with Gasteiger partial charge in [0.2, 0.25) is 0 Å². The summed E-state index contributed by atoms with van der Waals surface area (Å²) in [5.74, 6) is 0.848. The van der Waals surface area contributed by atoms with Gasteiger partial charge >= 0.3 is 0 Å². The Morgan fingerprint density at radius 1 is 1.13 bits per heavy atom. The number of hydrogen-bond acceptors (Lipinski definition) is 3. The third-order valence-electron chi connectivity index (χ3n) is 4.62. The van der Waals surface area contributed by atoms with Crippen molar-refractivity contribution in [1.82, 2.24) is 30.0 Å². The maximum absolute atomic E-state index is 4.74. The first kappa shape index (κ1) is 23.9. The quantitative estimate of drug-likeness (QED) is 0.196. The third-order valence-corrected chi connectivity index (χ3v) is 4.62. The standard InChI is InChI=1S/C22H31N7.HI/c1-4-24-22(25-9-6-11-29-19(3)13-18(2)27-29)26-15-20-7-5-8-21(14-20)16-28-12-10-23-17-28;/h5,7-8,10,12-14,17H,4,6,9,11,15-16H2,1-3H3,(H2,24,25,26);1H. The maximum Gasteiger partial charge on any atom is 0.191 e. The number of aromatic nitrogens is 4. The molecule has 0 fully saturated rings. The van der Waals surface area contributed by atoms with Crippen LogP contribution in [0.2, 0.25) is 0 Å². The Morgan fingerprint density at radius 2 is 1.97 bits per heavy atom. The van der Waals surface area contributed by atoms with Crippen LogP contribution in [0.25, 0.3) is 0 Å². The van der Waals surface area contributed by atoms with E-state index in [1.54, 1.807) is 6.20 Å². The van der Waals surface area contributed by atoms with E-state index in [-0.39, 0.29) is 24.0 Å². The Hall–Kier alpha value is -2.36. The van der Waals surface area contributed by atoms with E-state index in [2.05, 4.69) is 74.1 Å². The molecule has 0 atom stereocenters. The fourth-order valence-corrected chi connectivity index (χ4v) is 3.27. The second-order valence-electron chi connectivity index (χ2n) is 7.18. The first-order chi connectivity index (χ1) is 14.1. The van der Waals surface area contributed by atoms with Crippen LogP contribution in [-0.2, 0) is 19.6 Å². The molecule has 3 aromatic rings. The molecular weight excluding hydrogens is 489 g/mol. The molecule has 0 saturated heterocycles. The highest BCUT2D eigenvalue weighted by atomic mass is 127. The van der Waals surface area contributed by atoms with Crippen LogP contribution < -0.4 is 10.6 Å². The highest BCUT2D eigenvalue weighted by molar-refractivity contribution is 14.0. The number of nitrogens with one attached hydrogen (secondary N) is 2. The maximum atomic E-state index is 4.74. The van der Waals surface area contributed by atoms with Crippen LogP contribution in [0.4, 0.5) is 0 Å². The van der Waals surface area contributed by atoms with Crippen LogP contribution in [0.15, 0.2) is 54.0 Å². The van der Waals surface area contributed by atoms with E-state index < -0.39 is 0 Å². The van der Waals surface area contributed by atoms with E-state index in [9.17, 15) is 0 Å². The fraction of sp³-hybridized carbons (Fsp3) is 0.409. The highest BCUT2D eigenvalue weighted by Gasteiger charge is 2.02. The second kappa shape index (κ2) is 12.4. The average molecular weight is 521 g/mol. The molecule has 0 spiro atoms. The number of aliphatic imine (C=N–C) groups is 1. The number of halogens is 1. The fourth-order valence-electron chi connectivity index (χ4n) is 3.27. The number of hydrogen-bond donors (Lipinski definition) is 2. The van der Waals surface area contributed by atoms with Crippen molar-refractivity contribution in [2.75, 3.05) is 13.1 Å². The van der Waals surface area contributed by atoms with Crippen molar-refractivity contribution < 1.29 is 0 Å². The zero-order valence-corrected chi connectivity index (χ0v) is 20.3. The largest absolute Gasteiger partial charge is 0.357 e. The van der Waals surface area contributed by atoms with Gasteiger partial charge in [0.25, 0.3) is 0 Å². The molecule has 1 aromatic carbocycles. The van der Waals surface area contributed by atoms with Crippen LogP contribution in [0.1, 0.15) is 35.9 Å². The molecule has 162 valence electrons. The van der Waals surface area contributed by atoms with Crippen molar-refractivity contribution in [1.29, 1.82) is 0 Å². The van der Waals surface area contributed by atoms with Crippen molar-refractivity contribution in [3.8, 4) is 0 Å². The predicted molar refractivity (Wildman–Crippen MR) is 132 cm³/mol. The van der Waals surface area contributed by atoms with Gasteiger partial charge in [-0.15, -0.1) is 24.0 Å². The lowest BCUT2D eigenvalue weighted by molar-refractivity contribution is 0.555. The van der Waals surface area contributed by atoms with Gasteiger partial charge in [-0.1, -0.05) is 24.3 Å². The van der Waals surface area contributed by atoms with Gasteiger partial charge in [0.15, 0.2) is 5.96 Å². The smallest absolute Gasteiger partial charge is 0.191 e. The number of rotatable bonds is 9. The molecule has 0 aliphatic heterocycles.